The number of rotatable bonds is 3. The second-order valence-electron chi connectivity index (χ2n) is 7.54. The summed E-state index contributed by atoms with van der Waals surface area (Å²) in [4.78, 5) is 9.06. The molecule has 0 radical (unpaired) electrons. The van der Waals surface area contributed by atoms with Gasteiger partial charge in [-0.25, -0.2) is 9.97 Å². The Morgan fingerprint density at radius 2 is 1.13 bits per heavy atom. The van der Waals surface area contributed by atoms with Crippen molar-refractivity contribution in [2.24, 2.45) is 0 Å². The molecule has 0 fully saturated rings. The third kappa shape index (κ3) is 3.17. The van der Waals surface area contributed by atoms with Crippen LogP contribution in [0, 0.1) is 0 Å². The predicted octanol–water partition coefficient (Wildman–Crippen LogP) is 7.38. The number of furan rings is 1. The second kappa shape index (κ2) is 7.22. The molecule has 31 heavy (non-hydrogen) atoms. The van der Waals surface area contributed by atoms with Gasteiger partial charge in [0.25, 0.3) is 0 Å². The van der Waals surface area contributed by atoms with E-state index < -0.39 is 0 Å². The molecule has 0 N–H and O–H groups in total. The van der Waals surface area contributed by atoms with Crippen molar-refractivity contribution in [1.29, 1.82) is 0 Å². The van der Waals surface area contributed by atoms with E-state index in [4.69, 9.17) is 4.42 Å². The van der Waals surface area contributed by atoms with Gasteiger partial charge in [0.05, 0.1) is 11.4 Å². The number of fused-ring (bicyclic) bond motifs is 3. The normalized spacial score (nSPS) is 11.2. The second-order valence-corrected chi connectivity index (χ2v) is 7.54. The molecule has 0 saturated heterocycles. The molecule has 6 aromatic rings. The van der Waals surface area contributed by atoms with E-state index in [1.54, 1.807) is 6.33 Å². The first-order valence-electron chi connectivity index (χ1n) is 10.2. The molecule has 0 aliphatic carbocycles. The van der Waals surface area contributed by atoms with Crippen LogP contribution in [0.4, 0.5) is 0 Å². The summed E-state index contributed by atoms with van der Waals surface area (Å²) in [5.41, 5.74) is 7.96. The van der Waals surface area contributed by atoms with Crippen molar-refractivity contribution in [3.63, 3.8) is 0 Å². The van der Waals surface area contributed by atoms with Crippen LogP contribution < -0.4 is 0 Å². The SMILES string of the molecule is c1ccc(-c2cccc(-c3cc(-c4ccc5c(c4)oc4ccccc45)ncn3)c2)cc1. The lowest BCUT2D eigenvalue weighted by Crippen LogP contribution is -1.90. The van der Waals surface area contributed by atoms with Crippen LogP contribution in [0.15, 0.2) is 114 Å². The Labute approximate surface area is 179 Å². The fourth-order valence-corrected chi connectivity index (χ4v) is 4.05. The minimum atomic E-state index is 0.866. The first kappa shape index (κ1) is 17.6. The number of nitrogens with zero attached hydrogens (tertiary/aromatic N) is 2. The van der Waals surface area contributed by atoms with E-state index in [9.17, 15) is 0 Å². The minimum absolute atomic E-state index is 0.866. The molecular formula is C28H18N2O. The molecule has 0 aliphatic heterocycles. The van der Waals surface area contributed by atoms with E-state index in [0.717, 1.165) is 44.5 Å². The van der Waals surface area contributed by atoms with Crippen LogP contribution in [0.1, 0.15) is 0 Å². The van der Waals surface area contributed by atoms with Crippen molar-refractivity contribution in [1.82, 2.24) is 9.97 Å². The molecule has 2 aromatic heterocycles. The summed E-state index contributed by atoms with van der Waals surface area (Å²) in [6, 6.07) is 35.2. The van der Waals surface area contributed by atoms with Crippen molar-refractivity contribution in [3.05, 3.63) is 109 Å². The van der Waals surface area contributed by atoms with E-state index in [2.05, 4.69) is 82.8 Å². The Morgan fingerprint density at radius 1 is 0.452 bits per heavy atom. The number of hydrogen-bond donors (Lipinski definition) is 0. The maximum absolute atomic E-state index is 6.05. The minimum Gasteiger partial charge on any atom is -0.456 e. The van der Waals surface area contributed by atoms with Gasteiger partial charge in [-0.1, -0.05) is 72.8 Å². The molecule has 0 bridgehead atoms. The predicted molar refractivity (Wildman–Crippen MR) is 126 cm³/mol. The fraction of sp³-hybridized carbons (Fsp3) is 0. The summed E-state index contributed by atoms with van der Waals surface area (Å²) >= 11 is 0. The molecule has 0 spiro atoms. The summed E-state index contributed by atoms with van der Waals surface area (Å²) in [5.74, 6) is 0. The summed E-state index contributed by atoms with van der Waals surface area (Å²) in [6.45, 7) is 0. The highest BCUT2D eigenvalue weighted by atomic mass is 16.3. The van der Waals surface area contributed by atoms with E-state index in [-0.39, 0.29) is 0 Å². The largest absolute Gasteiger partial charge is 0.456 e. The Hall–Kier alpha value is -4.24. The van der Waals surface area contributed by atoms with E-state index in [1.165, 1.54) is 11.1 Å². The maximum Gasteiger partial charge on any atom is 0.136 e. The van der Waals surface area contributed by atoms with Gasteiger partial charge in [-0.3, -0.25) is 0 Å². The third-order valence-electron chi connectivity index (χ3n) is 5.61. The highest BCUT2D eigenvalue weighted by Gasteiger charge is 2.10. The van der Waals surface area contributed by atoms with Crippen LogP contribution in [-0.4, -0.2) is 9.97 Å². The van der Waals surface area contributed by atoms with E-state index in [1.807, 2.05) is 30.3 Å². The van der Waals surface area contributed by atoms with Gasteiger partial charge in [-0.05, 0) is 41.5 Å². The van der Waals surface area contributed by atoms with E-state index in [0.29, 0.717) is 0 Å². The topological polar surface area (TPSA) is 38.9 Å². The molecule has 4 aromatic carbocycles. The van der Waals surface area contributed by atoms with Gasteiger partial charge in [-0.2, -0.15) is 0 Å². The Kier molecular flexibility index (Phi) is 4.10. The average Bonchev–Trinajstić information content (AvgIpc) is 3.23. The molecule has 0 amide bonds. The number of aromatic nitrogens is 2. The first-order valence-corrected chi connectivity index (χ1v) is 10.2. The zero-order chi connectivity index (χ0) is 20.6. The fourth-order valence-electron chi connectivity index (χ4n) is 4.05. The van der Waals surface area contributed by atoms with Crippen molar-refractivity contribution >= 4 is 21.9 Å². The molecule has 0 atom stereocenters. The third-order valence-corrected chi connectivity index (χ3v) is 5.61. The molecule has 2 heterocycles. The molecular weight excluding hydrogens is 380 g/mol. The van der Waals surface area contributed by atoms with Crippen LogP contribution in [0.25, 0.3) is 55.6 Å². The van der Waals surface area contributed by atoms with Gasteiger partial charge < -0.3 is 4.42 Å². The van der Waals surface area contributed by atoms with Crippen LogP contribution in [-0.2, 0) is 0 Å². The molecule has 0 saturated carbocycles. The summed E-state index contributed by atoms with van der Waals surface area (Å²) < 4.78 is 6.05. The lowest BCUT2D eigenvalue weighted by molar-refractivity contribution is 0.669. The number of para-hydroxylation sites is 1. The van der Waals surface area contributed by atoms with Crippen molar-refractivity contribution in [3.8, 4) is 33.6 Å². The first-order chi connectivity index (χ1) is 15.3. The van der Waals surface area contributed by atoms with Crippen LogP contribution in [0.3, 0.4) is 0 Å². The Morgan fingerprint density at radius 3 is 2.00 bits per heavy atom. The Bertz CT molecular complexity index is 1530. The van der Waals surface area contributed by atoms with Gasteiger partial charge in [0.2, 0.25) is 0 Å². The van der Waals surface area contributed by atoms with Gasteiger partial charge >= 0.3 is 0 Å². The quantitative estimate of drug-likeness (QED) is 0.312. The molecule has 0 unspecified atom stereocenters. The lowest BCUT2D eigenvalue weighted by atomic mass is 10.0. The molecule has 3 heteroatoms. The smallest absolute Gasteiger partial charge is 0.136 e. The molecule has 3 nitrogen and oxygen atoms in total. The van der Waals surface area contributed by atoms with Gasteiger partial charge in [0.15, 0.2) is 0 Å². The van der Waals surface area contributed by atoms with Gasteiger partial charge in [0.1, 0.15) is 17.5 Å². The van der Waals surface area contributed by atoms with Crippen molar-refractivity contribution in [2.45, 2.75) is 0 Å². The Balaban J connectivity index is 1.42. The van der Waals surface area contributed by atoms with E-state index >= 15 is 0 Å². The summed E-state index contributed by atoms with van der Waals surface area (Å²) in [6.07, 6.45) is 1.63. The average molecular weight is 398 g/mol. The lowest BCUT2D eigenvalue weighted by Gasteiger charge is -2.07. The standard InChI is InChI=1S/C28H18N2O/c1-2-7-19(8-3-1)20-9-6-10-21(15-20)25-17-26(30-18-29-25)22-13-14-24-23-11-4-5-12-27(23)31-28(24)16-22/h1-18H. The van der Waals surface area contributed by atoms with Gasteiger partial charge in [0, 0.05) is 21.9 Å². The number of hydrogen-bond acceptors (Lipinski definition) is 3. The summed E-state index contributed by atoms with van der Waals surface area (Å²) in [5, 5.41) is 2.24. The van der Waals surface area contributed by atoms with Crippen molar-refractivity contribution < 1.29 is 4.42 Å². The maximum atomic E-state index is 6.05. The van der Waals surface area contributed by atoms with Gasteiger partial charge in [-0.15, -0.1) is 0 Å². The highest BCUT2D eigenvalue weighted by molar-refractivity contribution is 6.05. The van der Waals surface area contributed by atoms with Crippen LogP contribution in [0.5, 0.6) is 0 Å². The monoisotopic (exact) mass is 398 g/mol. The zero-order valence-electron chi connectivity index (χ0n) is 16.7. The zero-order valence-corrected chi connectivity index (χ0v) is 16.7. The summed E-state index contributed by atoms with van der Waals surface area (Å²) in [7, 11) is 0. The molecule has 0 aliphatic rings. The molecule has 6 rings (SSSR count). The molecule has 146 valence electrons. The van der Waals surface area contributed by atoms with Crippen LogP contribution in [0.2, 0.25) is 0 Å². The number of benzene rings is 4. The highest BCUT2D eigenvalue weighted by Crippen LogP contribution is 2.32. The van der Waals surface area contributed by atoms with Crippen LogP contribution >= 0.6 is 0 Å². The van der Waals surface area contributed by atoms with Crippen molar-refractivity contribution in [2.75, 3.05) is 0 Å².